The average molecular weight is 307 g/mol. The van der Waals surface area contributed by atoms with Gasteiger partial charge in [0.1, 0.15) is 5.75 Å². The predicted molar refractivity (Wildman–Crippen MR) is 81.2 cm³/mol. The first-order valence-corrected chi connectivity index (χ1v) is 7.09. The Morgan fingerprint density at radius 1 is 1.45 bits per heavy atom. The van der Waals surface area contributed by atoms with Crippen LogP contribution in [0.3, 0.4) is 0 Å². The van der Waals surface area contributed by atoms with E-state index in [0.717, 1.165) is 10.2 Å². The first kappa shape index (κ1) is 16.3. The smallest absolute Gasteiger partial charge is 0.442 e. The Hall–Kier alpha value is -2.12. The van der Waals surface area contributed by atoms with Crippen LogP contribution in [0.25, 0.3) is 5.69 Å². The predicted octanol–water partition coefficient (Wildman–Crippen LogP) is 1.38. The van der Waals surface area contributed by atoms with Gasteiger partial charge in [-0.1, -0.05) is 13.8 Å². The molecule has 7 nitrogen and oxygen atoms in total. The number of ether oxygens (including phenoxy) is 1. The van der Waals surface area contributed by atoms with Gasteiger partial charge in [-0.3, -0.25) is 5.32 Å². The fourth-order valence-electron chi connectivity index (χ4n) is 1.98. The molecule has 0 saturated heterocycles. The van der Waals surface area contributed by atoms with E-state index in [0.29, 0.717) is 23.9 Å². The second-order valence-corrected chi connectivity index (χ2v) is 5.48. The molecule has 1 aromatic carbocycles. The summed E-state index contributed by atoms with van der Waals surface area (Å²) in [6, 6.07) is 5.25. The number of nitrogens with one attached hydrogen (secondary N) is 1. The van der Waals surface area contributed by atoms with Crippen LogP contribution in [-0.2, 0) is 0 Å². The maximum atomic E-state index is 12.0. The summed E-state index contributed by atoms with van der Waals surface area (Å²) in [6.45, 7) is 6.44. The molecule has 0 spiro atoms. The molecule has 2 N–H and O–H groups in total. The highest BCUT2D eigenvalue weighted by atomic mass is 16.5. The molecule has 0 fully saturated rings. The molecule has 0 aliphatic carbocycles. The minimum Gasteiger partial charge on any atom is -0.497 e. The molecule has 1 heterocycles. The normalized spacial score (nSPS) is 12.6. The van der Waals surface area contributed by atoms with Crippen molar-refractivity contribution in [1.82, 2.24) is 15.1 Å². The van der Waals surface area contributed by atoms with E-state index in [1.165, 1.54) is 0 Å². The van der Waals surface area contributed by atoms with Crippen molar-refractivity contribution >= 4 is 0 Å². The fraction of sp³-hybridized carbons (Fsp3) is 0.467. The Bertz CT molecular complexity index is 690. The molecule has 1 aromatic heterocycles. The molecule has 0 aliphatic rings. The van der Waals surface area contributed by atoms with Gasteiger partial charge in [0.25, 0.3) is 5.89 Å². The van der Waals surface area contributed by atoms with E-state index >= 15 is 0 Å². The molecule has 0 amide bonds. The minimum absolute atomic E-state index is 0.0548. The topological polar surface area (TPSA) is 89.5 Å². The summed E-state index contributed by atoms with van der Waals surface area (Å²) < 4.78 is 11.3. The zero-order valence-electron chi connectivity index (χ0n) is 13.2. The van der Waals surface area contributed by atoms with Crippen LogP contribution in [0.2, 0.25) is 0 Å². The second-order valence-electron chi connectivity index (χ2n) is 5.48. The first-order chi connectivity index (χ1) is 10.4. The van der Waals surface area contributed by atoms with Crippen molar-refractivity contribution in [3.8, 4) is 11.4 Å². The number of hydrogen-bond donors (Lipinski definition) is 2. The zero-order valence-corrected chi connectivity index (χ0v) is 13.2. The quantitative estimate of drug-likeness (QED) is 0.784. The van der Waals surface area contributed by atoms with Crippen LogP contribution in [0.5, 0.6) is 5.75 Å². The Morgan fingerprint density at radius 3 is 2.77 bits per heavy atom. The number of hydrogen-bond acceptors (Lipinski definition) is 6. The van der Waals surface area contributed by atoms with Crippen molar-refractivity contribution in [1.29, 1.82) is 0 Å². The van der Waals surface area contributed by atoms with Crippen molar-refractivity contribution in [3.63, 3.8) is 0 Å². The number of methoxy groups -OCH3 is 1. The lowest BCUT2D eigenvalue weighted by atomic mass is 10.2. The van der Waals surface area contributed by atoms with E-state index < -0.39 is 12.0 Å². The number of aromatic nitrogens is 2. The standard InChI is InChI=1S/C15H21N3O4/c1-9(2)8-16-13(19)14-17-18(15(20)22-14)12-6-5-11(21-4)7-10(12)3/h5-7,9,13,16,19H,8H2,1-4H3. The summed E-state index contributed by atoms with van der Waals surface area (Å²) in [7, 11) is 1.57. The molecule has 0 radical (unpaired) electrons. The number of benzene rings is 1. The lowest BCUT2D eigenvalue weighted by Gasteiger charge is -2.10. The molecule has 22 heavy (non-hydrogen) atoms. The number of aliphatic hydroxyl groups is 1. The van der Waals surface area contributed by atoms with Gasteiger partial charge in [-0.15, -0.1) is 5.10 Å². The monoisotopic (exact) mass is 307 g/mol. The van der Waals surface area contributed by atoms with Crippen LogP contribution in [0.4, 0.5) is 0 Å². The minimum atomic E-state index is -1.12. The van der Waals surface area contributed by atoms with Crippen molar-refractivity contribution in [2.45, 2.75) is 27.0 Å². The van der Waals surface area contributed by atoms with Gasteiger partial charge in [0.05, 0.1) is 12.8 Å². The molecular formula is C15H21N3O4. The summed E-state index contributed by atoms with van der Waals surface area (Å²) in [5, 5.41) is 16.9. The number of aliphatic hydroxyl groups excluding tert-OH is 1. The molecule has 2 rings (SSSR count). The average Bonchev–Trinajstić information content (AvgIpc) is 2.86. The lowest BCUT2D eigenvalue weighted by Crippen LogP contribution is -2.25. The van der Waals surface area contributed by atoms with Crippen molar-refractivity contribution in [3.05, 3.63) is 40.2 Å². The van der Waals surface area contributed by atoms with Crippen LogP contribution in [0, 0.1) is 12.8 Å². The SMILES string of the molecule is COc1ccc(-n2nc(C(O)NCC(C)C)oc2=O)c(C)c1. The van der Waals surface area contributed by atoms with Gasteiger partial charge in [0, 0.05) is 6.54 Å². The van der Waals surface area contributed by atoms with Crippen LogP contribution in [0.1, 0.15) is 31.5 Å². The molecule has 0 saturated carbocycles. The first-order valence-electron chi connectivity index (χ1n) is 7.09. The van der Waals surface area contributed by atoms with Gasteiger partial charge < -0.3 is 14.3 Å². The summed E-state index contributed by atoms with van der Waals surface area (Å²) in [4.78, 5) is 12.0. The third-order valence-corrected chi connectivity index (χ3v) is 3.15. The van der Waals surface area contributed by atoms with E-state index in [9.17, 15) is 9.90 Å². The summed E-state index contributed by atoms with van der Waals surface area (Å²) in [5.74, 6) is 0.346. The molecular weight excluding hydrogens is 286 g/mol. The van der Waals surface area contributed by atoms with Gasteiger partial charge in [-0.2, -0.15) is 4.68 Å². The molecule has 1 unspecified atom stereocenters. The Labute approximate surface area is 128 Å². The third kappa shape index (κ3) is 3.55. The fourth-order valence-corrected chi connectivity index (χ4v) is 1.98. The van der Waals surface area contributed by atoms with E-state index in [1.54, 1.807) is 25.3 Å². The maximum absolute atomic E-state index is 12.0. The Balaban J connectivity index is 2.28. The largest absolute Gasteiger partial charge is 0.497 e. The van der Waals surface area contributed by atoms with E-state index in [1.807, 2.05) is 20.8 Å². The lowest BCUT2D eigenvalue weighted by molar-refractivity contribution is 0.103. The molecule has 7 heteroatoms. The third-order valence-electron chi connectivity index (χ3n) is 3.15. The van der Waals surface area contributed by atoms with Gasteiger partial charge in [-0.25, -0.2) is 4.79 Å². The highest BCUT2D eigenvalue weighted by Gasteiger charge is 2.18. The molecule has 0 bridgehead atoms. The molecule has 0 aliphatic heterocycles. The Morgan fingerprint density at radius 2 is 2.18 bits per heavy atom. The summed E-state index contributed by atoms with van der Waals surface area (Å²) >= 11 is 0. The van der Waals surface area contributed by atoms with Crippen molar-refractivity contribution < 1.29 is 14.3 Å². The van der Waals surface area contributed by atoms with E-state index in [2.05, 4.69) is 10.4 Å². The van der Waals surface area contributed by atoms with Gasteiger partial charge in [0.2, 0.25) is 0 Å². The number of aryl methyl sites for hydroxylation is 1. The van der Waals surface area contributed by atoms with Crippen molar-refractivity contribution in [2.75, 3.05) is 13.7 Å². The van der Waals surface area contributed by atoms with Crippen LogP contribution < -0.4 is 15.8 Å². The van der Waals surface area contributed by atoms with E-state index in [-0.39, 0.29) is 5.89 Å². The number of nitrogens with zero attached hydrogens (tertiary/aromatic N) is 2. The van der Waals surface area contributed by atoms with Crippen LogP contribution >= 0.6 is 0 Å². The molecule has 120 valence electrons. The highest BCUT2D eigenvalue weighted by Crippen LogP contribution is 2.19. The molecule has 1 atom stereocenters. The molecule has 2 aromatic rings. The summed E-state index contributed by atoms with van der Waals surface area (Å²) in [5.41, 5.74) is 1.39. The van der Waals surface area contributed by atoms with Crippen molar-refractivity contribution in [2.24, 2.45) is 5.92 Å². The van der Waals surface area contributed by atoms with Gasteiger partial charge in [0.15, 0.2) is 6.23 Å². The summed E-state index contributed by atoms with van der Waals surface area (Å²) in [6.07, 6.45) is -1.12. The highest BCUT2D eigenvalue weighted by molar-refractivity contribution is 5.44. The van der Waals surface area contributed by atoms with Gasteiger partial charge >= 0.3 is 5.76 Å². The Kier molecular flexibility index (Phi) is 4.99. The maximum Gasteiger partial charge on any atom is 0.442 e. The number of rotatable bonds is 6. The van der Waals surface area contributed by atoms with Crippen LogP contribution in [0.15, 0.2) is 27.4 Å². The van der Waals surface area contributed by atoms with E-state index in [4.69, 9.17) is 9.15 Å². The zero-order chi connectivity index (χ0) is 16.3. The second kappa shape index (κ2) is 6.76. The van der Waals surface area contributed by atoms with Crippen LogP contribution in [-0.4, -0.2) is 28.5 Å². The van der Waals surface area contributed by atoms with Gasteiger partial charge in [-0.05, 0) is 36.6 Å².